The average Bonchev–Trinajstić information content (AvgIpc) is 2.28. The first-order chi connectivity index (χ1) is 8.49. The van der Waals surface area contributed by atoms with E-state index < -0.39 is 17.4 Å². The van der Waals surface area contributed by atoms with Crippen LogP contribution in [0, 0.1) is 5.82 Å². The van der Waals surface area contributed by atoms with E-state index in [-0.39, 0.29) is 11.8 Å². The number of nitrogens with zero attached hydrogens (tertiary/aromatic N) is 2. The third-order valence-electron chi connectivity index (χ3n) is 2.17. The highest BCUT2D eigenvalue weighted by molar-refractivity contribution is 5.41. The molecule has 1 aromatic carbocycles. The minimum absolute atomic E-state index is 0.149. The smallest absolute Gasteiger partial charge is 0.354 e. The number of nitrogens with one attached hydrogen (secondary N) is 1. The van der Waals surface area contributed by atoms with Gasteiger partial charge in [0.1, 0.15) is 11.6 Å². The van der Waals surface area contributed by atoms with Crippen molar-refractivity contribution in [1.29, 1.82) is 0 Å². The molecule has 0 bridgehead atoms. The molecule has 2 aromatic rings. The number of hydrogen-bond acceptors (Lipinski definition) is 4. The molecule has 1 aromatic heterocycles. The van der Waals surface area contributed by atoms with Crippen molar-refractivity contribution in [3.63, 3.8) is 0 Å². The van der Waals surface area contributed by atoms with Gasteiger partial charge in [0, 0.05) is 6.20 Å². The first kappa shape index (κ1) is 12.2. The van der Waals surface area contributed by atoms with Gasteiger partial charge in [-0.1, -0.05) is 12.1 Å². The molecule has 0 unspecified atom stereocenters. The molecule has 0 spiro atoms. The van der Waals surface area contributed by atoms with Crippen LogP contribution in [0.4, 0.5) is 24.9 Å². The fourth-order valence-corrected chi connectivity index (χ4v) is 1.39. The van der Waals surface area contributed by atoms with Gasteiger partial charge in [-0.25, -0.2) is 9.37 Å². The summed E-state index contributed by atoms with van der Waals surface area (Å²) in [6.07, 6.45) is 1.22. The molecule has 0 aliphatic heterocycles. The van der Waals surface area contributed by atoms with E-state index in [1.54, 1.807) is 0 Å². The van der Waals surface area contributed by atoms with Crippen LogP contribution in [0.15, 0.2) is 36.5 Å². The second kappa shape index (κ2) is 4.52. The molecule has 94 valence electrons. The standard InChI is InChI=1S/C11H9F3N4/c12-8-4-2-1-3-7(8)11(13,14)18-9-5-6-16-10(15)17-9/h1-6H,(H3,15,16,17,18). The molecule has 0 saturated carbocycles. The quantitative estimate of drug-likeness (QED) is 0.825. The van der Waals surface area contributed by atoms with Crippen molar-refractivity contribution in [3.05, 3.63) is 47.9 Å². The Labute approximate surface area is 101 Å². The van der Waals surface area contributed by atoms with Crippen LogP contribution in [0.5, 0.6) is 0 Å². The zero-order chi connectivity index (χ0) is 13.2. The number of nitrogens with two attached hydrogens (primary N) is 1. The van der Waals surface area contributed by atoms with Gasteiger partial charge in [0.25, 0.3) is 0 Å². The van der Waals surface area contributed by atoms with Crippen LogP contribution in [0.3, 0.4) is 0 Å². The largest absolute Gasteiger partial charge is 0.368 e. The first-order valence-corrected chi connectivity index (χ1v) is 4.98. The van der Waals surface area contributed by atoms with Crippen molar-refractivity contribution in [3.8, 4) is 0 Å². The van der Waals surface area contributed by atoms with Crippen LogP contribution >= 0.6 is 0 Å². The maximum absolute atomic E-state index is 13.8. The molecule has 0 saturated heterocycles. The first-order valence-electron chi connectivity index (χ1n) is 4.98. The number of anilines is 2. The summed E-state index contributed by atoms with van der Waals surface area (Å²) in [5.41, 5.74) is 4.50. The zero-order valence-electron chi connectivity index (χ0n) is 9.07. The molecule has 3 N–H and O–H groups in total. The normalized spacial score (nSPS) is 11.3. The van der Waals surface area contributed by atoms with Crippen LogP contribution in [0.25, 0.3) is 0 Å². The van der Waals surface area contributed by atoms with Crippen LogP contribution in [0.2, 0.25) is 0 Å². The highest BCUT2D eigenvalue weighted by Crippen LogP contribution is 2.30. The summed E-state index contributed by atoms with van der Waals surface area (Å²) in [6.45, 7) is 0. The van der Waals surface area contributed by atoms with Gasteiger partial charge >= 0.3 is 6.05 Å². The van der Waals surface area contributed by atoms with E-state index in [9.17, 15) is 13.2 Å². The van der Waals surface area contributed by atoms with Gasteiger partial charge in [0.15, 0.2) is 0 Å². The van der Waals surface area contributed by atoms with E-state index >= 15 is 0 Å². The summed E-state index contributed by atoms with van der Waals surface area (Å²) in [4.78, 5) is 7.13. The summed E-state index contributed by atoms with van der Waals surface area (Å²) in [7, 11) is 0. The Morgan fingerprint density at radius 3 is 2.56 bits per heavy atom. The molecule has 0 amide bonds. The zero-order valence-corrected chi connectivity index (χ0v) is 9.07. The van der Waals surface area contributed by atoms with Crippen LogP contribution < -0.4 is 11.1 Å². The Morgan fingerprint density at radius 1 is 1.17 bits per heavy atom. The lowest BCUT2D eigenvalue weighted by Gasteiger charge is -2.19. The third-order valence-corrected chi connectivity index (χ3v) is 2.17. The predicted molar refractivity (Wildman–Crippen MR) is 60.4 cm³/mol. The lowest BCUT2D eigenvalue weighted by atomic mass is 10.2. The Hall–Kier alpha value is -2.31. The number of nitrogen functional groups attached to an aromatic ring is 1. The molecule has 0 fully saturated rings. The van der Waals surface area contributed by atoms with Gasteiger partial charge in [-0.2, -0.15) is 13.8 Å². The summed E-state index contributed by atoms with van der Waals surface area (Å²) in [6, 6.07) is 2.23. The lowest BCUT2D eigenvalue weighted by molar-refractivity contribution is 0.0242. The van der Waals surface area contributed by atoms with Crippen LogP contribution in [-0.4, -0.2) is 9.97 Å². The summed E-state index contributed by atoms with van der Waals surface area (Å²) in [5.74, 6) is -1.34. The maximum Gasteiger partial charge on any atom is 0.354 e. The average molecular weight is 254 g/mol. The molecule has 2 rings (SSSR count). The number of rotatable bonds is 3. The SMILES string of the molecule is Nc1nccc(NC(F)(F)c2ccccc2F)n1. The maximum atomic E-state index is 13.8. The van der Waals surface area contributed by atoms with E-state index in [1.165, 1.54) is 24.4 Å². The fourth-order valence-electron chi connectivity index (χ4n) is 1.39. The van der Waals surface area contributed by atoms with E-state index in [0.717, 1.165) is 12.1 Å². The number of benzene rings is 1. The molecular weight excluding hydrogens is 245 g/mol. The van der Waals surface area contributed by atoms with E-state index in [4.69, 9.17) is 5.73 Å². The molecule has 0 aliphatic rings. The van der Waals surface area contributed by atoms with Gasteiger partial charge in [-0.05, 0) is 18.2 Å². The monoisotopic (exact) mass is 254 g/mol. The van der Waals surface area contributed by atoms with Gasteiger partial charge in [-0.3, -0.25) is 0 Å². The molecule has 1 heterocycles. The fraction of sp³-hybridized carbons (Fsp3) is 0.0909. The number of aromatic nitrogens is 2. The molecule has 0 atom stereocenters. The summed E-state index contributed by atoms with van der Waals surface area (Å²) >= 11 is 0. The summed E-state index contributed by atoms with van der Waals surface area (Å²) in [5, 5.41) is 1.81. The lowest BCUT2D eigenvalue weighted by Crippen LogP contribution is -2.26. The van der Waals surface area contributed by atoms with E-state index in [1.807, 2.05) is 5.32 Å². The highest BCUT2D eigenvalue weighted by Gasteiger charge is 2.34. The van der Waals surface area contributed by atoms with Crippen molar-refractivity contribution < 1.29 is 13.2 Å². The van der Waals surface area contributed by atoms with E-state index in [2.05, 4.69) is 9.97 Å². The predicted octanol–water partition coefficient (Wildman–Crippen LogP) is 2.36. The van der Waals surface area contributed by atoms with Gasteiger partial charge in [0.2, 0.25) is 5.95 Å². The molecule has 4 nitrogen and oxygen atoms in total. The third kappa shape index (κ3) is 2.50. The van der Waals surface area contributed by atoms with Crippen LogP contribution in [-0.2, 0) is 6.05 Å². The topological polar surface area (TPSA) is 63.8 Å². The van der Waals surface area contributed by atoms with Gasteiger partial charge in [0.05, 0.1) is 5.56 Å². The van der Waals surface area contributed by atoms with Crippen molar-refractivity contribution >= 4 is 11.8 Å². The molecule has 7 heteroatoms. The van der Waals surface area contributed by atoms with Crippen molar-refractivity contribution in [2.75, 3.05) is 11.1 Å². The highest BCUT2D eigenvalue weighted by atomic mass is 19.3. The second-order valence-electron chi connectivity index (χ2n) is 3.48. The summed E-state index contributed by atoms with van der Waals surface area (Å²) < 4.78 is 40.9. The van der Waals surface area contributed by atoms with Gasteiger partial charge < -0.3 is 11.1 Å². The number of hydrogen-bond donors (Lipinski definition) is 2. The number of alkyl halides is 2. The van der Waals surface area contributed by atoms with E-state index in [0.29, 0.717) is 0 Å². The van der Waals surface area contributed by atoms with Gasteiger partial charge in [-0.15, -0.1) is 0 Å². The Morgan fingerprint density at radius 2 is 1.89 bits per heavy atom. The molecule has 18 heavy (non-hydrogen) atoms. The Kier molecular flexibility index (Phi) is 3.05. The molecule has 0 aliphatic carbocycles. The Bertz CT molecular complexity index is 559. The minimum Gasteiger partial charge on any atom is -0.368 e. The Balaban J connectivity index is 2.30. The van der Waals surface area contributed by atoms with Crippen molar-refractivity contribution in [1.82, 2.24) is 9.97 Å². The second-order valence-corrected chi connectivity index (χ2v) is 3.48. The molecular formula is C11H9F3N4. The van der Waals surface area contributed by atoms with Crippen LogP contribution in [0.1, 0.15) is 5.56 Å². The van der Waals surface area contributed by atoms with Crippen molar-refractivity contribution in [2.24, 2.45) is 0 Å². The van der Waals surface area contributed by atoms with Crippen molar-refractivity contribution in [2.45, 2.75) is 6.05 Å². The molecule has 0 radical (unpaired) electrons. The number of halogens is 3. The minimum atomic E-state index is -3.59.